The van der Waals surface area contributed by atoms with Crippen molar-refractivity contribution in [3.05, 3.63) is 48.8 Å². The van der Waals surface area contributed by atoms with Crippen LogP contribution in [0.3, 0.4) is 0 Å². The van der Waals surface area contributed by atoms with Crippen molar-refractivity contribution >= 4 is 22.9 Å². The van der Waals surface area contributed by atoms with Crippen molar-refractivity contribution in [2.75, 3.05) is 19.3 Å². The number of nitrogen functional groups attached to an aromatic ring is 1. The molecule has 0 saturated carbocycles. The molecule has 0 aliphatic heterocycles. The summed E-state index contributed by atoms with van der Waals surface area (Å²) in [6.07, 6.45) is 0.674. The van der Waals surface area contributed by atoms with Gasteiger partial charge in [0, 0.05) is 12.1 Å². The van der Waals surface area contributed by atoms with E-state index < -0.39 is 11.2 Å². The van der Waals surface area contributed by atoms with Gasteiger partial charge in [0.15, 0.2) is 0 Å². The Kier molecular flexibility index (Phi) is 5.51. The van der Waals surface area contributed by atoms with E-state index in [1.54, 1.807) is 11.3 Å². The molecule has 0 aromatic carbocycles. The molecular weight excluding hydrogens is 316 g/mol. The number of quaternary nitrogens is 1. The number of thiophene rings is 1. The molecule has 2 rings (SSSR count). The fourth-order valence-corrected chi connectivity index (χ4v) is 3.14. The van der Waals surface area contributed by atoms with Crippen LogP contribution in [0.25, 0.3) is 0 Å². The maximum Gasteiger partial charge on any atom is 0.329 e. The zero-order valence-corrected chi connectivity index (χ0v) is 14.0. The van der Waals surface area contributed by atoms with Crippen molar-refractivity contribution in [3.8, 4) is 0 Å². The first-order chi connectivity index (χ1) is 10.9. The summed E-state index contributed by atoms with van der Waals surface area (Å²) in [5.74, 6) is -0.407. The Morgan fingerprint density at radius 3 is 2.78 bits per heavy atom. The summed E-state index contributed by atoms with van der Waals surface area (Å²) in [5.41, 5.74) is 5.62. The first-order valence-corrected chi connectivity index (χ1v) is 8.36. The van der Waals surface area contributed by atoms with E-state index in [0.717, 1.165) is 10.5 Å². The highest BCUT2D eigenvalue weighted by molar-refractivity contribution is 7.07. The van der Waals surface area contributed by atoms with E-state index in [2.05, 4.69) is 4.98 Å². The predicted octanol–water partition coefficient (Wildman–Crippen LogP) is -0.512. The number of H-pyrrole nitrogens is 1. The highest BCUT2D eigenvalue weighted by atomic mass is 32.1. The number of nitrogens with one attached hydrogen (secondary N) is 2. The largest absolute Gasteiger partial charge is 0.384 e. The molecule has 1 unspecified atom stereocenters. The van der Waals surface area contributed by atoms with Crippen LogP contribution in [-0.4, -0.2) is 28.9 Å². The summed E-state index contributed by atoms with van der Waals surface area (Å²) < 4.78 is 1.24. The molecular formula is C15H21N4O3S+. The molecule has 0 saturated heterocycles. The molecule has 0 fully saturated rings. The average molecular weight is 337 g/mol. The summed E-state index contributed by atoms with van der Waals surface area (Å²) in [7, 11) is 1.88. The van der Waals surface area contributed by atoms with Gasteiger partial charge < -0.3 is 10.6 Å². The van der Waals surface area contributed by atoms with Gasteiger partial charge in [-0.3, -0.25) is 19.1 Å². The number of carbonyl (C=O) groups excluding carboxylic acids is 1. The van der Waals surface area contributed by atoms with Gasteiger partial charge in [-0.15, -0.1) is 0 Å². The number of Topliss-reactive ketones (excluding diaryl/α,β-unsaturated/α-hetero) is 1. The third-order valence-electron chi connectivity index (χ3n) is 3.51. The molecule has 4 N–H and O–H groups in total. The fourth-order valence-electron chi connectivity index (χ4n) is 2.47. The van der Waals surface area contributed by atoms with Crippen LogP contribution in [0.5, 0.6) is 0 Å². The van der Waals surface area contributed by atoms with E-state index >= 15 is 0 Å². The number of aromatic nitrogens is 2. The number of aromatic amines is 1. The number of carbonyl (C=O) groups is 1. The van der Waals surface area contributed by atoms with Gasteiger partial charge in [-0.05, 0) is 23.2 Å². The average Bonchev–Trinajstić information content (AvgIpc) is 2.95. The maximum atomic E-state index is 12.5. The van der Waals surface area contributed by atoms with Gasteiger partial charge in [0.2, 0.25) is 5.78 Å². The molecule has 0 aliphatic carbocycles. The Morgan fingerprint density at radius 1 is 1.43 bits per heavy atom. The van der Waals surface area contributed by atoms with Gasteiger partial charge in [0.1, 0.15) is 24.5 Å². The second-order valence-electron chi connectivity index (χ2n) is 5.54. The molecule has 2 aromatic heterocycles. The van der Waals surface area contributed by atoms with Crippen molar-refractivity contribution in [1.29, 1.82) is 0 Å². The Morgan fingerprint density at radius 2 is 2.17 bits per heavy atom. The molecule has 124 valence electrons. The minimum absolute atomic E-state index is 0.0473. The standard InChI is InChI=1S/C15H20N4O3S/c1-3-5-19-13(16)12(14(21)17-15(19)22)11(20)8-18(2)7-10-4-6-23-9-10/h4,6,9H,3,5,7-8,16H2,1-2H3,(H,17,21,22)/p+1. The molecule has 0 amide bonds. The first kappa shape index (κ1) is 17.2. The van der Waals surface area contributed by atoms with Gasteiger partial charge in [-0.25, -0.2) is 4.79 Å². The Bertz CT molecular complexity index is 792. The smallest absolute Gasteiger partial charge is 0.329 e. The Hall–Kier alpha value is -2.19. The van der Waals surface area contributed by atoms with Crippen LogP contribution >= 0.6 is 11.3 Å². The van der Waals surface area contributed by atoms with E-state index in [-0.39, 0.29) is 23.7 Å². The van der Waals surface area contributed by atoms with Gasteiger partial charge >= 0.3 is 5.69 Å². The van der Waals surface area contributed by atoms with Crippen molar-refractivity contribution in [2.45, 2.75) is 26.4 Å². The fraction of sp³-hybridized carbons (Fsp3) is 0.400. The highest BCUT2D eigenvalue weighted by Gasteiger charge is 2.22. The monoisotopic (exact) mass is 337 g/mol. The molecule has 0 radical (unpaired) electrons. The zero-order chi connectivity index (χ0) is 17.0. The van der Waals surface area contributed by atoms with E-state index in [1.165, 1.54) is 4.57 Å². The quantitative estimate of drug-likeness (QED) is 0.592. The van der Waals surface area contributed by atoms with Crippen LogP contribution in [-0.2, 0) is 13.1 Å². The highest BCUT2D eigenvalue weighted by Crippen LogP contribution is 2.06. The van der Waals surface area contributed by atoms with Crippen molar-refractivity contribution in [1.82, 2.24) is 9.55 Å². The van der Waals surface area contributed by atoms with Crippen LogP contribution in [0.1, 0.15) is 29.3 Å². The topological polar surface area (TPSA) is 102 Å². The van der Waals surface area contributed by atoms with E-state index in [4.69, 9.17) is 5.73 Å². The number of hydrogen-bond acceptors (Lipinski definition) is 5. The number of hydrogen-bond donors (Lipinski definition) is 3. The molecule has 0 aliphatic rings. The normalized spacial score (nSPS) is 12.3. The van der Waals surface area contributed by atoms with Crippen LogP contribution in [0, 0.1) is 0 Å². The predicted molar refractivity (Wildman–Crippen MR) is 90.1 cm³/mol. The summed E-state index contributed by atoms with van der Waals surface area (Å²) >= 11 is 1.60. The summed E-state index contributed by atoms with van der Waals surface area (Å²) in [6.45, 7) is 3.06. The van der Waals surface area contributed by atoms with Gasteiger partial charge in [-0.2, -0.15) is 11.3 Å². The molecule has 23 heavy (non-hydrogen) atoms. The van der Waals surface area contributed by atoms with E-state index in [1.807, 2.05) is 30.8 Å². The number of likely N-dealkylation sites (N-methyl/N-ethyl adjacent to an activating group) is 1. The lowest BCUT2D eigenvalue weighted by Gasteiger charge is -2.14. The Balaban J connectivity index is 2.23. The van der Waals surface area contributed by atoms with Gasteiger partial charge in [0.25, 0.3) is 5.56 Å². The van der Waals surface area contributed by atoms with E-state index in [9.17, 15) is 14.4 Å². The van der Waals surface area contributed by atoms with Crippen LogP contribution in [0.15, 0.2) is 26.4 Å². The lowest BCUT2D eigenvalue weighted by Crippen LogP contribution is -3.08. The number of ketones is 1. The lowest BCUT2D eigenvalue weighted by molar-refractivity contribution is -0.884. The summed E-state index contributed by atoms with van der Waals surface area (Å²) in [6, 6.07) is 2.00. The summed E-state index contributed by atoms with van der Waals surface area (Å²) in [5, 5.41) is 4.00. The number of anilines is 1. The van der Waals surface area contributed by atoms with Crippen molar-refractivity contribution < 1.29 is 9.69 Å². The number of nitrogens with two attached hydrogens (primary N) is 1. The molecule has 0 spiro atoms. The minimum atomic E-state index is -0.715. The Labute approximate surface area is 137 Å². The molecule has 1 atom stereocenters. The lowest BCUT2D eigenvalue weighted by atomic mass is 10.1. The van der Waals surface area contributed by atoms with Crippen molar-refractivity contribution in [3.63, 3.8) is 0 Å². The third-order valence-corrected chi connectivity index (χ3v) is 4.25. The second kappa shape index (κ2) is 7.38. The van der Waals surface area contributed by atoms with Gasteiger partial charge in [0.05, 0.1) is 7.05 Å². The number of nitrogens with zero attached hydrogens (tertiary/aromatic N) is 1. The zero-order valence-electron chi connectivity index (χ0n) is 13.2. The first-order valence-electron chi connectivity index (χ1n) is 7.42. The van der Waals surface area contributed by atoms with Crippen molar-refractivity contribution in [2.24, 2.45) is 0 Å². The molecule has 2 aromatic rings. The van der Waals surface area contributed by atoms with E-state index in [0.29, 0.717) is 19.5 Å². The van der Waals surface area contributed by atoms with Gasteiger partial charge in [-0.1, -0.05) is 6.92 Å². The van der Waals surface area contributed by atoms with Crippen LogP contribution in [0.4, 0.5) is 5.82 Å². The molecule has 2 heterocycles. The second-order valence-corrected chi connectivity index (χ2v) is 6.32. The molecule has 8 heteroatoms. The third kappa shape index (κ3) is 3.96. The molecule has 7 nitrogen and oxygen atoms in total. The minimum Gasteiger partial charge on any atom is -0.384 e. The summed E-state index contributed by atoms with van der Waals surface area (Å²) in [4.78, 5) is 39.3. The SMILES string of the molecule is CCCn1c(N)c(C(=O)C[NH+](C)Cc2ccsc2)c(=O)[nH]c1=O. The van der Waals surface area contributed by atoms with Crippen LogP contribution < -0.4 is 21.9 Å². The maximum absolute atomic E-state index is 12.5. The number of rotatable bonds is 7. The van der Waals surface area contributed by atoms with Crippen LogP contribution in [0.2, 0.25) is 0 Å². The molecule has 0 bridgehead atoms.